The minimum Gasteiger partial charge on any atom is -0.497 e. The van der Waals surface area contributed by atoms with Crippen LogP contribution >= 0.6 is 24.0 Å². The molecule has 27 heavy (non-hydrogen) atoms. The summed E-state index contributed by atoms with van der Waals surface area (Å²) in [5.41, 5.74) is 1.04. The molecule has 0 saturated carbocycles. The summed E-state index contributed by atoms with van der Waals surface area (Å²) in [5.74, 6) is 2.86. The minimum absolute atomic E-state index is 0. The van der Waals surface area contributed by atoms with Crippen molar-refractivity contribution in [3.05, 3.63) is 29.8 Å². The number of likely N-dealkylation sites (tertiary alicyclic amines) is 1. The molecule has 2 unspecified atom stereocenters. The van der Waals surface area contributed by atoms with Gasteiger partial charge in [-0.25, -0.2) is 4.99 Å². The molecule has 1 aromatic carbocycles. The Morgan fingerprint density at radius 2 is 1.81 bits per heavy atom. The highest BCUT2D eigenvalue weighted by Crippen LogP contribution is 2.20. The fraction of sp³-hybridized carbons (Fsp3) is 0.600. The third kappa shape index (κ3) is 7.94. The maximum Gasteiger partial charge on any atom is 0.242 e. The molecule has 2 rings (SSSR count). The molecule has 0 aliphatic carbocycles. The molecule has 1 fully saturated rings. The van der Waals surface area contributed by atoms with Gasteiger partial charge in [0.25, 0.3) is 0 Å². The van der Waals surface area contributed by atoms with E-state index in [1.165, 1.54) is 6.42 Å². The minimum atomic E-state index is -0.0747. The average Bonchev–Trinajstić information content (AvgIpc) is 2.63. The number of aliphatic imine (C=N–C) groups is 1. The van der Waals surface area contributed by atoms with Gasteiger partial charge in [-0.1, -0.05) is 26.0 Å². The molecule has 2 atom stereocenters. The summed E-state index contributed by atoms with van der Waals surface area (Å²) in [7, 11) is 1.64. The summed E-state index contributed by atoms with van der Waals surface area (Å²) in [6, 6.07) is 7.68. The second-order valence-corrected chi connectivity index (χ2v) is 7.15. The van der Waals surface area contributed by atoms with Gasteiger partial charge in [0.05, 0.1) is 7.11 Å². The van der Waals surface area contributed by atoms with Gasteiger partial charge in [0.15, 0.2) is 5.96 Å². The number of ether oxygens (including phenoxy) is 1. The monoisotopic (exact) mass is 488 g/mol. The Kier molecular flexibility index (Phi) is 10.5. The van der Waals surface area contributed by atoms with Gasteiger partial charge in [-0.15, -0.1) is 24.0 Å². The van der Waals surface area contributed by atoms with E-state index >= 15 is 0 Å². The molecule has 152 valence electrons. The van der Waals surface area contributed by atoms with Gasteiger partial charge in [0.1, 0.15) is 12.3 Å². The Labute approximate surface area is 180 Å². The van der Waals surface area contributed by atoms with Crippen LogP contribution in [0.2, 0.25) is 0 Å². The number of hydrogen-bond acceptors (Lipinski definition) is 3. The summed E-state index contributed by atoms with van der Waals surface area (Å²) in [6.45, 7) is 10.0. The number of benzene rings is 1. The molecule has 0 radical (unpaired) electrons. The number of piperidine rings is 1. The lowest BCUT2D eigenvalue weighted by Crippen LogP contribution is -2.48. The van der Waals surface area contributed by atoms with Crippen molar-refractivity contribution in [2.24, 2.45) is 16.8 Å². The SMILES string of the molecule is CCNC(=NCC(=O)NCc1ccc(OC)cc1)N1CC(C)CC(C)C1.I. The van der Waals surface area contributed by atoms with Crippen LogP contribution in [0.3, 0.4) is 0 Å². The van der Waals surface area contributed by atoms with Crippen LogP contribution in [0.4, 0.5) is 0 Å². The summed E-state index contributed by atoms with van der Waals surface area (Å²) >= 11 is 0. The van der Waals surface area contributed by atoms with Gasteiger partial charge < -0.3 is 20.3 Å². The Morgan fingerprint density at radius 3 is 2.37 bits per heavy atom. The molecule has 1 amide bonds. The van der Waals surface area contributed by atoms with Crippen LogP contribution in [0.25, 0.3) is 0 Å². The van der Waals surface area contributed by atoms with E-state index in [1.807, 2.05) is 24.3 Å². The van der Waals surface area contributed by atoms with Crippen LogP contribution in [0.15, 0.2) is 29.3 Å². The molecule has 0 spiro atoms. The second-order valence-electron chi connectivity index (χ2n) is 7.15. The quantitative estimate of drug-likeness (QED) is 0.367. The predicted octanol–water partition coefficient (Wildman–Crippen LogP) is 2.87. The Balaban J connectivity index is 0.00000364. The van der Waals surface area contributed by atoms with Crippen molar-refractivity contribution >= 4 is 35.8 Å². The summed E-state index contributed by atoms with van der Waals surface area (Å²) in [4.78, 5) is 19.0. The number of rotatable bonds is 6. The smallest absolute Gasteiger partial charge is 0.242 e. The van der Waals surface area contributed by atoms with Crippen LogP contribution in [0.1, 0.15) is 32.8 Å². The van der Waals surface area contributed by atoms with Crippen LogP contribution in [0, 0.1) is 11.8 Å². The van der Waals surface area contributed by atoms with Gasteiger partial charge in [-0.3, -0.25) is 4.79 Å². The zero-order chi connectivity index (χ0) is 18.9. The lowest BCUT2D eigenvalue weighted by Gasteiger charge is -2.37. The Hall–Kier alpha value is -1.51. The van der Waals surface area contributed by atoms with Crippen molar-refractivity contribution in [1.29, 1.82) is 0 Å². The number of carbonyl (C=O) groups excluding carboxylic acids is 1. The van der Waals surface area contributed by atoms with Crippen LogP contribution in [-0.4, -0.2) is 50.1 Å². The van der Waals surface area contributed by atoms with E-state index in [1.54, 1.807) is 7.11 Å². The topological polar surface area (TPSA) is 66.0 Å². The highest BCUT2D eigenvalue weighted by Gasteiger charge is 2.24. The maximum absolute atomic E-state index is 12.2. The van der Waals surface area contributed by atoms with Crippen LogP contribution < -0.4 is 15.4 Å². The number of halogens is 1. The number of guanidine groups is 1. The van der Waals surface area contributed by atoms with E-state index in [-0.39, 0.29) is 36.4 Å². The molecule has 1 aromatic rings. The highest BCUT2D eigenvalue weighted by molar-refractivity contribution is 14.0. The van der Waals surface area contributed by atoms with E-state index in [0.29, 0.717) is 18.4 Å². The molecule has 6 nitrogen and oxygen atoms in total. The van der Waals surface area contributed by atoms with Crippen molar-refractivity contribution in [3.8, 4) is 5.75 Å². The van der Waals surface area contributed by atoms with Crippen molar-refractivity contribution < 1.29 is 9.53 Å². The van der Waals surface area contributed by atoms with Crippen molar-refractivity contribution in [3.63, 3.8) is 0 Å². The largest absolute Gasteiger partial charge is 0.497 e. The van der Waals surface area contributed by atoms with E-state index in [2.05, 4.69) is 41.3 Å². The van der Waals surface area contributed by atoms with E-state index < -0.39 is 0 Å². The first kappa shape index (κ1) is 23.5. The lowest BCUT2D eigenvalue weighted by atomic mass is 9.92. The number of hydrogen-bond donors (Lipinski definition) is 2. The molecule has 1 aliphatic heterocycles. The third-order valence-electron chi connectivity index (χ3n) is 4.52. The van der Waals surface area contributed by atoms with Gasteiger partial charge in [-0.2, -0.15) is 0 Å². The molecular formula is C20H33IN4O2. The number of nitrogens with one attached hydrogen (secondary N) is 2. The lowest BCUT2D eigenvalue weighted by molar-refractivity contribution is -0.119. The first-order valence-electron chi connectivity index (χ1n) is 9.44. The van der Waals surface area contributed by atoms with Crippen molar-refractivity contribution in [2.75, 3.05) is 33.3 Å². The molecule has 7 heteroatoms. The number of methoxy groups -OCH3 is 1. The van der Waals surface area contributed by atoms with Gasteiger partial charge in [0.2, 0.25) is 5.91 Å². The summed E-state index contributed by atoms with van der Waals surface area (Å²) < 4.78 is 5.14. The van der Waals surface area contributed by atoms with E-state index in [4.69, 9.17) is 4.74 Å². The summed E-state index contributed by atoms with van der Waals surface area (Å²) in [6.07, 6.45) is 1.25. The zero-order valence-electron chi connectivity index (χ0n) is 16.8. The van der Waals surface area contributed by atoms with Crippen LogP contribution in [0.5, 0.6) is 5.75 Å². The number of carbonyl (C=O) groups is 1. The van der Waals surface area contributed by atoms with E-state index in [0.717, 1.165) is 36.9 Å². The third-order valence-corrected chi connectivity index (χ3v) is 4.52. The standard InChI is InChI=1S/C20H32N4O2.HI/c1-5-21-20(24-13-15(2)10-16(3)14-24)23-12-19(25)22-11-17-6-8-18(26-4)9-7-17;/h6-9,15-16H,5,10-14H2,1-4H3,(H,21,23)(H,22,25);1H. The molecule has 0 aromatic heterocycles. The van der Waals surface area contributed by atoms with E-state index in [9.17, 15) is 4.79 Å². The first-order valence-corrected chi connectivity index (χ1v) is 9.44. The Bertz CT molecular complexity index is 597. The molecule has 1 aliphatic rings. The molecule has 1 saturated heterocycles. The van der Waals surface area contributed by atoms with Gasteiger partial charge >= 0.3 is 0 Å². The first-order chi connectivity index (χ1) is 12.5. The zero-order valence-corrected chi connectivity index (χ0v) is 19.2. The normalized spacial score (nSPS) is 19.9. The fourth-order valence-electron chi connectivity index (χ4n) is 3.41. The molecular weight excluding hydrogens is 455 g/mol. The van der Waals surface area contributed by atoms with Gasteiger partial charge in [-0.05, 0) is 42.9 Å². The number of nitrogens with zero attached hydrogens (tertiary/aromatic N) is 2. The molecule has 0 bridgehead atoms. The highest BCUT2D eigenvalue weighted by atomic mass is 127. The van der Waals surface area contributed by atoms with Crippen LogP contribution in [-0.2, 0) is 11.3 Å². The number of amides is 1. The van der Waals surface area contributed by atoms with Crippen molar-refractivity contribution in [1.82, 2.24) is 15.5 Å². The molecule has 2 N–H and O–H groups in total. The molecule has 1 heterocycles. The summed E-state index contributed by atoms with van der Waals surface area (Å²) in [5, 5.41) is 6.24. The van der Waals surface area contributed by atoms with Gasteiger partial charge in [0, 0.05) is 26.2 Å². The van der Waals surface area contributed by atoms with Crippen molar-refractivity contribution in [2.45, 2.75) is 33.7 Å². The average molecular weight is 488 g/mol. The fourth-order valence-corrected chi connectivity index (χ4v) is 3.41. The maximum atomic E-state index is 12.2. The Morgan fingerprint density at radius 1 is 1.19 bits per heavy atom. The second kappa shape index (κ2) is 12.0. The predicted molar refractivity (Wildman–Crippen MR) is 121 cm³/mol.